The number of carbonyl (C=O) groups excluding carboxylic acids is 1. The predicted octanol–water partition coefficient (Wildman–Crippen LogP) is 0.443. The molecule has 0 bridgehead atoms. The topological polar surface area (TPSA) is 119 Å². The zero-order valence-corrected chi connectivity index (χ0v) is 12.5. The van der Waals surface area contributed by atoms with E-state index in [1.54, 1.807) is 22.8 Å². The van der Waals surface area contributed by atoms with Crippen LogP contribution in [0.5, 0.6) is 0 Å². The number of carbonyl (C=O) groups is 1. The smallest absolute Gasteiger partial charge is 0.289 e. The molecule has 0 aliphatic heterocycles. The second-order valence-electron chi connectivity index (χ2n) is 4.55. The number of hydrogen-bond acceptors (Lipinski definition) is 6. The third kappa shape index (κ3) is 3.50. The van der Waals surface area contributed by atoms with E-state index in [1.807, 2.05) is 19.3 Å². The second kappa shape index (κ2) is 6.55. The summed E-state index contributed by atoms with van der Waals surface area (Å²) in [5.74, 6) is 5.12. The van der Waals surface area contributed by atoms with Crippen molar-refractivity contribution in [2.75, 3.05) is 0 Å². The third-order valence-corrected chi connectivity index (χ3v) is 3.69. The average Bonchev–Trinajstić information content (AvgIpc) is 2.85. The van der Waals surface area contributed by atoms with Crippen LogP contribution in [0.4, 0.5) is 0 Å². The molecule has 1 amide bonds. The van der Waals surface area contributed by atoms with Crippen LogP contribution in [0.25, 0.3) is 0 Å². The van der Waals surface area contributed by atoms with Crippen molar-refractivity contribution in [3.63, 3.8) is 0 Å². The van der Waals surface area contributed by atoms with Gasteiger partial charge in [-0.15, -0.1) is 5.10 Å². The zero-order valence-electron chi connectivity index (χ0n) is 11.7. The SMILES string of the molecule is CC(C)n1c(SCc2cccc(C(=O)NN)n2)n[nH]c1=O. The van der Waals surface area contributed by atoms with E-state index in [0.717, 1.165) is 0 Å². The van der Waals surface area contributed by atoms with Gasteiger partial charge in [0.2, 0.25) is 0 Å². The van der Waals surface area contributed by atoms with Crippen LogP contribution in [0, 0.1) is 0 Å². The molecule has 2 rings (SSSR count). The minimum Gasteiger partial charge on any atom is -0.289 e. The number of hydrogen-bond donors (Lipinski definition) is 3. The summed E-state index contributed by atoms with van der Waals surface area (Å²) in [7, 11) is 0. The molecule has 8 nitrogen and oxygen atoms in total. The summed E-state index contributed by atoms with van der Waals surface area (Å²) in [4.78, 5) is 27.2. The highest BCUT2D eigenvalue weighted by molar-refractivity contribution is 7.98. The van der Waals surface area contributed by atoms with Crippen molar-refractivity contribution in [2.24, 2.45) is 5.84 Å². The Hall–Kier alpha value is -2.13. The van der Waals surface area contributed by atoms with Crippen LogP contribution >= 0.6 is 11.8 Å². The molecule has 0 aliphatic carbocycles. The molecule has 0 atom stereocenters. The Morgan fingerprint density at radius 1 is 1.52 bits per heavy atom. The maximum Gasteiger partial charge on any atom is 0.344 e. The lowest BCUT2D eigenvalue weighted by Gasteiger charge is -2.08. The molecule has 2 aromatic rings. The number of H-pyrrole nitrogens is 1. The second-order valence-corrected chi connectivity index (χ2v) is 5.49. The van der Waals surface area contributed by atoms with Gasteiger partial charge in [-0.05, 0) is 26.0 Å². The van der Waals surface area contributed by atoms with Crippen LogP contribution in [0.15, 0.2) is 28.2 Å². The fraction of sp³-hybridized carbons (Fsp3) is 0.333. The molecule has 0 fully saturated rings. The van der Waals surface area contributed by atoms with Gasteiger partial charge in [-0.3, -0.25) is 14.8 Å². The van der Waals surface area contributed by atoms with E-state index in [1.165, 1.54) is 11.8 Å². The van der Waals surface area contributed by atoms with Gasteiger partial charge in [0, 0.05) is 11.8 Å². The van der Waals surface area contributed by atoms with Crippen molar-refractivity contribution >= 4 is 17.7 Å². The van der Waals surface area contributed by atoms with Crippen LogP contribution in [0.1, 0.15) is 36.1 Å². The van der Waals surface area contributed by atoms with Gasteiger partial charge in [0.25, 0.3) is 5.91 Å². The Bertz CT molecular complexity index is 693. The summed E-state index contributed by atoms with van der Waals surface area (Å²) in [5, 5.41) is 7.00. The Morgan fingerprint density at radius 3 is 2.95 bits per heavy atom. The molecular formula is C12H16N6O2S. The van der Waals surface area contributed by atoms with Crippen LogP contribution in [-0.4, -0.2) is 25.7 Å². The fourth-order valence-electron chi connectivity index (χ4n) is 1.75. The number of hydrazine groups is 1. The van der Waals surface area contributed by atoms with Gasteiger partial charge in [0.05, 0.1) is 5.69 Å². The number of rotatable bonds is 5. The fourth-order valence-corrected chi connectivity index (χ4v) is 2.73. The zero-order chi connectivity index (χ0) is 15.4. The minimum atomic E-state index is -0.444. The van der Waals surface area contributed by atoms with Gasteiger partial charge in [-0.25, -0.2) is 20.7 Å². The van der Waals surface area contributed by atoms with Crippen molar-refractivity contribution < 1.29 is 4.79 Å². The summed E-state index contributed by atoms with van der Waals surface area (Å²) in [5.41, 5.74) is 2.75. The highest BCUT2D eigenvalue weighted by Crippen LogP contribution is 2.20. The summed E-state index contributed by atoms with van der Waals surface area (Å²) in [6.45, 7) is 3.82. The van der Waals surface area contributed by atoms with Gasteiger partial charge in [0.1, 0.15) is 5.69 Å². The molecule has 112 valence electrons. The highest BCUT2D eigenvalue weighted by Gasteiger charge is 2.12. The van der Waals surface area contributed by atoms with Crippen LogP contribution in [-0.2, 0) is 5.75 Å². The Kier molecular flexibility index (Phi) is 4.76. The molecule has 21 heavy (non-hydrogen) atoms. The van der Waals surface area contributed by atoms with Gasteiger partial charge in [-0.1, -0.05) is 17.8 Å². The number of amides is 1. The van der Waals surface area contributed by atoms with Crippen LogP contribution in [0.3, 0.4) is 0 Å². The first-order valence-electron chi connectivity index (χ1n) is 6.29. The lowest BCUT2D eigenvalue weighted by atomic mass is 10.3. The van der Waals surface area contributed by atoms with Crippen molar-refractivity contribution in [1.29, 1.82) is 0 Å². The summed E-state index contributed by atoms with van der Waals surface area (Å²) in [6.07, 6.45) is 0. The average molecular weight is 308 g/mol. The number of nitrogens with two attached hydrogens (primary N) is 1. The minimum absolute atomic E-state index is 0.0149. The Balaban J connectivity index is 2.14. The molecule has 4 N–H and O–H groups in total. The number of thioether (sulfide) groups is 1. The normalized spacial score (nSPS) is 10.9. The molecule has 0 aromatic carbocycles. The van der Waals surface area contributed by atoms with Crippen molar-refractivity contribution in [2.45, 2.75) is 30.8 Å². The largest absolute Gasteiger partial charge is 0.344 e. The van der Waals surface area contributed by atoms with Crippen molar-refractivity contribution in [3.8, 4) is 0 Å². The number of aromatic amines is 1. The predicted molar refractivity (Wildman–Crippen MR) is 78.7 cm³/mol. The van der Waals surface area contributed by atoms with E-state index in [-0.39, 0.29) is 17.4 Å². The molecule has 2 aromatic heterocycles. The number of nitrogens with zero attached hydrogens (tertiary/aromatic N) is 3. The first kappa shape index (κ1) is 15.3. The lowest BCUT2D eigenvalue weighted by molar-refractivity contribution is 0.0948. The summed E-state index contributed by atoms with van der Waals surface area (Å²) < 4.78 is 1.57. The molecule has 0 spiro atoms. The quantitative estimate of drug-likeness (QED) is 0.319. The first-order valence-corrected chi connectivity index (χ1v) is 7.28. The van der Waals surface area contributed by atoms with Gasteiger partial charge >= 0.3 is 5.69 Å². The van der Waals surface area contributed by atoms with Crippen molar-refractivity contribution in [1.82, 2.24) is 25.2 Å². The molecule has 0 saturated heterocycles. The third-order valence-electron chi connectivity index (χ3n) is 2.71. The van der Waals surface area contributed by atoms with E-state index in [9.17, 15) is 9.59 Å². The van der Waals surface area contributed by atoms with E-state index < -0.39 is 5.91 Å². The van der Waals surface area contributed by atoms with Gasteiger partial charge in [-0.2, -0.15) is 0 Å². The van der Waals surface area contributed by atoms with Gasteiger partial charge < -0.3 is 0 Å². The monoisotopic (exact) mass is 308 g/mol. The lowest BCUT2D eigenvalue weighted by Crippen LogP contribution is -2.30. The molecule has 0 aliphatic rings. The van der Waals surface area contributed by atoms with E-state index in [4.69, 9.17) is 5.84 Å². The maximum absolute atomic E-state index is 11.6. The number of nitrogen functional groups attached to an aromatic ring is 1. The van der Waals surface area contributed by atoms with E-state index in [2.05, 4.69) is 15.2 Å². The molecule has 0 unspecified atom stereocenters. The van der Waals surface area contributed by atoms with Crippen LogP contribution < -0.4 is 17.0 Å². The number of nitrogens with one attached hydrogen (secondary N) is 2. The summed E-state index contributed by atoms with van der Waals surface area (Å²) in [6, 6.07) is 5.12. The first-order chi connectivity index (χ1) is 10.0. The molecule has 9 heteroatoms. The standard InChI is InChI=1S/C12H16N6O2S/c1-7(2)18-11(20)16-17-12(18)21-6-8-4-3-5-9(14-8)10(19)15-13/h3-5,7H,6,13H2,1-2H3,(H,15,19)(H,16,20). The van der Waals surface area contributed by atoms with Crippen molar-refractivity contribution in [3.05, 3.63) is 40.1 Å². The molecule has 0 radical (unpaired) electrons. The van der Waals surface area contributed by atoms with E-state index in [0.29, 0.717) is 16.6 Å². The van der Waals surface area contributed by atoms with Gasteiger partial charge in [0.15, 0.2) is 5.16 Å². The van der Waals surface area contributed by atoms with Crippen LogP contribution in [0.2, 0.25) is 0 Å². The summed E-state index contributed by atoms with van der Waals surface area (Å²) >= 11 is 1.37. The maximum atomic E-state index is 11.6. The molecule has 0 saturated carbocycles. The highest BCUT2D eigenvalue weighted by atomic mass is 32.2. The Morgan fingerprint density at radius 2 is 2.29 bits per heavy atom. The molecule has 2 heterocycles. The molecular weight excluding hydrogens is 292 g/mol. The van der Waals surface area contributed by atoms with E-state index >= 15 is 0 Å². The number of aromatic nitrogens is 4. The number of pyridine rings is 1. The Labute approximate surface area is 125 Å².